The third-order valence-electron chi connectivity index (χ3n) is 6.38. The standard InChI is InChI=1S/C30H32F2N2O8/c1-19-14-22(31)25(35)4-6-41-27-17-26(36)23(32)16-21(27)30(19)20-2-3-24-28(15-20)42-13-12-40-11-10-39-9-8-38-7-5-34(24)18-29(33)37/h2-4,6,14-17,36H,5,7-13,18H2,1H3,(H2,33,37). The number of phenols is 1. The summed E-state index contributed by atoms with van der Waals surface area (Å²) in [5, 5.41) is 10.2. The lowest BCUT2D eigenvalue weighted by molar-refractivity contribution is -0.116. The summed E-state index contributed by atoms with van der Waals surface area (Å²) in [5.41, 5.74) is 6.19. The number of rotatable bonds is 3. The molecule has 0 radical (unpaired) electrons. The topological polar surface area (TPSA) is 134 Å². The summed E-state index contributed by atoms with van der Waals surface area (Å²) < 4.78 is 57.7. The number of carbonyl (C=O) groups is 1. The van der Waals surface area contributed by atoms with E-state index in [-0.39, 0.29) is 42.9 Å². The number of phenolic OH excluding ortho intramolecular Hbond substituents is 1. The van der Waals surface area contributed by atoms with Crippen LogP contribution in [0.25, 0.3) is 22.1 Å². The number of hydrogen-bond donors (Lipinski definition) is 2. The second-order valence-electron chi connectivity index (χ2n) is 9.39. The number of halogens is 2. The van der Waals surface area contributed by atoms with Crippen LogP contribution in [0.15, 0.2) is 57.9 Å². The predicted molar refractivity (Wildman–Crippen MR) is 151 cm³/mol. The van der Waals surface area contributed by atoms with Gasteiger partial charge < -0.3 is 39.1 Å². The summed E-state index contributed by atoms with van der Waals surface area (Å²) in [4.78, 5) is 25.8. The number of anilines is 1. The third-order valence-corrected chi connectivity index (χ3v) is 6.38. The Labute approximate surface area is 240 Å². The molecule has 0 aliphatic carbocycles. The molecule has 3 N–H and O–H groups in total. The molecule has 1 aliphatic rings. The highest BCUT2D eigenvalue weighted by Crippen LogP contribution is 2.38. The fourth-order valence-electron chi connectivity index (χ4n) is 4.46. The second kappa shape index (κ2) is 14.6. The number of aryl methyl sites for hydroxylation is 1. The normalized spacial score (nSPS) is 15.1. The van der Waals surface area contributed by atoms with Crippen molar-refractivity contribution < 1.29 is 42.0 Å². The van der Waals surface area contributed by atoms with E-state index in [0.29, 0.717) is 55.5 Å². The zero-order chi connectivity index (χ0) is 30.1. The van der Waals surface area contributed by atoms with E-state index in [1.807, 2.05) is 0 Å². The Kier molecular flexibility index (Phi) is 10.7. The molecule has 0 spiro atoms. The van der Waals surface area contributed by atoms with Crippen molar-refractivity contribution in [1.82, 2.24) is 0 Å². The molecule has 12 heteroatoms. The number of nitrogens with two attached hydrogens (primary N) is 1. The Morgan fingerprint density at radius 1 is 0.929 bits per heavy atom. The molecule has 0 fully saturated rings. The molecule has 0 saturated carbocycles. The van der Waals surface area contributed by atoms with Crippen molar-refractivity contribution in [3.63, 3.8) is 0 Å². The summed E-state index contributed by atoms with van der Waals surface area (Å²) in [6, 6.07) is 9.09. The van der Waals surface area contributed by atoms with Crippen molar-refractivity contribution in [3.8, 4) is 22.6 Å². The van der Waals surface area contributed by atoms with Gasteiger partial charge in [0, 0.05) is 24.1 Å². The number of carbonyl (C=O) groups excluding carboxylic acids is 1. The van der Waals surface area contributed by atoms with Gasteiger partial charge in [0.2, 0.25) is 11.3 Å². The molecule has 1 amide bonds. The first-order valence-corrected chi connectivity index (χ1v) is 13.3. The number of nitrogens with zero attached hydrogens (tertiary/aromatic N) is 1. The van der Waals surface area contributed by atoms with Gasteiger partial charge in [-0.3, -0.25) is 9.59 Å². The van der Waals surface area contributed by atoms with Gasteiger partial charge in [0.15, 0.2) is 17.4 Å². The van der Waals surface area contributed by atoms with Crippen LogP contribution < -0.4 is 20.8 Å². The monoisotopic (exact) mass is 586 g/mol. The molecule has 1 aliphatic heterocycles. The summed E-state index contributed by atoms with van der Waals surface area (Å²) in [6.07, 6.45) is 0.966. The molecule has 224 valence electrons. The predicted octanol–water partition coefficient (Wildman–Crippen LogP) is 3.61. The minimum atomic E-state index is -1.05. The van der Waals surface area contributed by atoms with Gasteiger partial charge >= 0.3 is 0 Å². The van der Waals surface area contributed by atoms with Gasteiger partial charge in [-0.2, -0.15) is 0 Å². The van der Waals surface area contributed by atoms with Gasteiger partial charge in [0.05, 0.1) is 58.1 Å². The van der Waals surface area contributed by atoms with Gasteiger partial charge in [-0.05, 0) is 47.9 Å². The van der Waals surface area contributed by atoms with Crippen LogP contribution in [-0.2, 0) is 19.0 Å². The van der Waals surface area contributed by atoms with E-state index in [9.17, 15) is 23.5 Å². The van der Waals surface area contributed by atoms with Crippen LogP contribution in [0.5, 0.6) is 11.5 Å². The number of primary amides is 1. The summed E-state index contributed by atoms with van der Waals surface area (Å²) in [6.45, 7) is 3.90. The van der Waals surface area contributed by atoms with Crippen LogP contribution in [0, 0.1) is 18.6 Å². The van der Waals surface area contributed by atoms with E-state index >= 15 is 0 Å². The van der Waals surface area contributed by atoms with E-state index in [1.54, 1.807) is 30.0 Å². The Morgan fingerprint density at radius 2 is 1.62 bits per heavy atom. The van der Waals surface area contributed by atoms with Crippen molar-refractivity contribution in [2.45, 2.75) is 6.92 Å². The van der Waals surface area contributed by atoms with Crippen molar-refractivity contribution in [1.29, 1.82) is 0 Å². The molecule has 0 bridgehead atoms. The quantitative estimate of drug-likeness (QED) is 0.472. The van der Waals surface area contributed by atoms with E-state index in [1.165, 1.54) is 0 Å². The van der Waals surface area contributed by atoms with Crippen LogP contribution in [-0.4, -0.2) is 70.4 Å². The molecule has 0 saturated heterocycles. The fourth-order valence-corrected chi connectivity index (χ4v) is 4.46. The number of amides is 1. The van der Waals surface area contributed by atoms with Crippen LogP contribution in [0.3, 0.4) is 0 Å². The lowest BCUT2D eigenvalue weighted by Gasteiger charge is -2.26. The third kappa shape index (κ3) is 7.93. The van der Waals surface area contributed by atoms with Gasteiger partial charge in [-0.15, -0.1) is 0 Å². The SMILES string of the molecule is Cc1cc(F)c(=O)ccoc2cc(O)c(F)cc2c1-c1ccc2c(c1)OCCOCCOCCOCCN2CC(N)=O. The smallest absolute Gasteiger partial charge is 0.236 e. The number of hydrogen-bond acceptors (Lipinski definition) is 9. The van der Waals surface area contributed by atoms with Crippen molar-refractivity contribution in [3.05, 3.63) is 76.1 Å². The molecule has 10 nitrogen and oxygen atoms in total. The highest BCUT2D eigenvalue weighted by atomic mass is 19.1. The van der Waals surface area contributed by atoms with E-state index < -0.39 is 28.7 Å². The van der Waals surface area contributed by atoms with E-state index in [4.69, 9.17) is 29.1 Å². The average molecular weight is 587 g/mol. The minimum absolute atomic E-state index is 0.0307. The Morgan fingerprint density at radius 3 is 2.33 bits per heavy atom. The number of ether oxygens (including phenoxy) is 4. The zero-order valence-electron chi connectivity index (χ0n) is 23.1. The van der Waals surface area contributed by atoms with Crippen LogP contribution in [0.2, 0.25) is 0 Å². The first-order chi connectivity index (χ1) is 20.2. The molecular weight excluding hydrogens is 554 g/mol. The molecule has 2 heterocycles. The molecule has 1 aromatic heterocycles. The zero-order valence-corrected chi connectivity index (χ0v) is 23.1. The molecule has 2 aromatic carbocycles. The van der Waals surface area contributed by atoms with E-state index in [0.717, 1.165) is 30.5 Å². The first kappa shape index (κ1) is 30.7. The molecule has 4 rings (SSSR count). The number of fused-ring (bicyclic) bond motifs is 2. The number of benzene rings is 2. The van der Waals surface area contributed by atoms with Gasteiger partial charge in [-0.25, -0.2) is 8.78 Å². The highest BCUT2D eigenvalue weighted by molar-refractivity contribution is 5.95. The number of aromatic hydroxyl groups is 1. The first-order valence-electron chi connectivity index (χ1n) is 13.3. The Bertz CT molecular complexity index is 1540. The molecule has 3 aromatic rings. The summed E-state index contributed by atoms with van der Waals surface area (Å²) in [7, 11) is 0. The van der Waals surface area contributed by atoms with Crippen molar-refractivity contribution in [2.75, 3.05) is 64.2 Å². The van der Waals surface area contributed by atoms with Crippen LogP contribution in [0.4, 0.5) is 14.5 Å². The maximum Gasteiger partial charge on any atom is 0.236 e. The Hall–Kier alpha value is -4.26. The Balaban J connectivity index is 1.93. The summed E-state index contributed by atoms with van der Waals surface area (Å²) in [5.74, 6) is -2.87. The fraction of sp³-hybridized carbons (Fsp3) is 0.333. The lowest BCUT2D eigenvalue weighted by Crippen LogP contribution is -2.36. The van der Waals surface area contributed by atoms with Crippen LogP contribution in [0.1, 0.15) is 5.56 Å². The summed E-state index contributed by atoms with van der Waals surface area (Å²) >= 11 is 0. The maximum absolute atomic E-state index is 14.7. The largest absolute Gasteiger partial charge is 0.505 e. The van der Waals surface area contributed by atoms with Gasteiger partial charge in [0.1, 0.15) is 17.9 Å². The average Bonchev–Trinajstić information content (AvgIpc) is 2.95. The van der Waals surface area contributed by atoms with E-state index in [2.05, 4.69) is 0 Å². The minimum Gasteiger partial charge on any atom is -0.505 e. The second-order valence-corrected chi connectivity index (χ2v) is 9.39. The molecule has 42 heavy (non-hydrogen) atoms. The molecular formula is C30H32F2N2O8. The van der Waals surface area contributed by atoms with Crippen molar-refractivity contribution >= 4 is 22.6 Å². The molecule has 0 atom stereocenters. The maximum atomic E-state index is 14.7. The lowest BCUT2D eigenvalue weighted by atomic mass is 9.97. The van der Waals surface area contributed by atoms with Gasteiger partial charge in [-0.1, -0.05) is 6.07 Å². The highest BCUT2D eigenvalue weighted by Gasteiger charge is 2.19. The molecule has 0 unspecified atom stereocenters. The van der Waals surface area contributed by atoms with Crippen LogP contribution >= 0.6 is 0 Å². The van der Waals surface area contributed by atoms with Crippen molar-refractivity contribution in [2.24, 2.45) is 5.73 Å². The van der Waals surface area contributed by atoms with Gasteiger partial charge in [0.25, 0.3) is 0 Å².